The summed E-state index contributed by atoms with van der Waals surface area (Å²) in [6, 6.07) is 0.301. The van der Waals surface area contributed by atoms with E-state index in [1.54, 1.807) is 6.20 Å². The van der Waals surface area contributed by atoms with Crippen molar-refractivity contribution in [1.29, 1.82) is 0 Å². The van der Waals surface area contributed by atoms with Gasteiger partial charge in [0.25, 0.3) is 5.91 Å². The molecule has 2 aliphatic heterocycles. The van der Waals surface area contributed by atoms with Crippen LogP contribution in [0.4, 0.5) is 0 Å². The molecular weight excluding hydrogens is 294 g/mol. The van der Waals surface area contributed by atoms with Crippen LogP contribution in [0.1, 0.15) is 47.3 Å². The fourth-order valence-corrected chi connectivity index (χ4v) is 3.37. The summed E-state index contributed by atoms with van der Waals surface area (Å²) < 4.78 is 4.13. The largest absolute Gasteiger partial charge is 0.366 e. The molecule has 8 heteroatoms. The van der Waals surface area contributed by atoms with Crippen LogP contribution in [0.3, 0.4) is 0 Å². The smallest absolute Gasteiger partial charge is 0.251 e. The van der Waals surface area contributed by atoms with Crippen molar-refractivity contribution in [2.45, 2.75) is 44.8 Å². The minimum Gasteiger partial charge on any atom is -0.366 e. The molecule has 0 bridgehead atoms. The average molecular weight is 315 g/mol. The molecule has 0 saturated carbocycles. The van der Waals surface area contributed by atoms with Gasteiger partial charge >= 0.3 is 0 Å². The van der Waals surface area contributed by atoms with Crippen LogP contribution in [0.25, 0.3) is 0 Å². The van der Waals surface area contributed by atoms with Gasteiger partial charge in [0.2, 0.25) is 0 Å². The minimum absolute atomic E-state index is 0.301. The Bertz CT molecular complexity index is 713. The van der Waals surface area contributed by atoms with E-state index < -0.39 is 5.91 Å². The lowest BCUT2D eigenvalue weighted by Gasteiger charge is -2.38. The van der Waals surface area contributed by atoms with Gasteiger partial charge in [0.05, 0.1) is 24.3 Å². The van der Waals surface area contributed by atoms with E-state index in [9.17, 15) is 4.79 Å². The Labute approximate surface area is 134 Å². The van der Waals surface area contributed by atoms with Crippen LogP contribution >= 0.6 is 0 Å². The minimum atomic E-state index is -0.432. The predicted octanol–water partition coefficient (Wildman–Crippen LogP) is 0.357. The number of aromatic nitrogens is 5. The zero-order valence-electron chi connectivity index (χ0n) is 13.1. The highest BCUT2D eigenvalue weighted by atomic mass is 16.1. The zero-order chi connectivity index (χ0) is 15.8. The number of likely N-dealkylation sites (tertiary alicyclic amines) is 1. The lowest BCUT2D eigenvalue weighted by molar-refractivity contribution is 0.0864. The second-order valence-electron chi connectivity index (χ2n) is 6.42. The second kappa shape index (κ2) is 5.77. The van der Waals surface area contributed by atoms with Crippen molar-refractivity contribution in [1.82, 2.24) is 29.4 Å². The second-order valence-corrected chi connectivity index (χ2v) is 6.42. The highest BCUT2D eigenvalue weighted by Gasteiger charge is 2.30. The van der Waals surface area contributed by atoms with Gasteiger partial charge in [-0.3, -0.25) is 14.4 Å². The molecule has 23 heavy (non-hydrogen) atoms. The molecule has 4 rings (SSSR count). The standard InChI is InChI=1S/C15H21N7O/c16-15(23)11-6-17-22(7-11)12-8-20(9-12)10-14-19-18-13-4-2-1-3-5-21(13)14/h6-7,12H,1-5,8-10H2,(H2,16,23). The lowest BCUT2D eigenvalue weighted by Crippen LogP contribution is -2.47. The first-order chi connectivity index (χ1) is 11.2. The molecule has 8 nitrogen and oxygen atoms in total. The van der Waals surface area contributed by atoms with E-state index in [-0.39, 0.29) is 0 Å². The van der Waals surface area contributed by atoms with Gasteiger partial charge in [0.15, 0.2) is 0 Å². The van der Waals surface area contributed by atoms with Gasteiger partial charge < -0.3 is 10.3 Å². The van der Waals surface area contributed by atoms with Crippen molar-refractivity contribution in [3.8, 4) is 0 Å². The fourth-order valence-electron chi connectivity index (χ4n) is 3.37. The van der Waals surface area contributed by atoms with Crippen LogP contribution in [0.5, 0.6) is 0 Å². The van der Waals surface area contributed by atoms with Crippen molar-refractivity contribution in [3.63, 3.8) is 0 Å². The van der Waals surface area contributed by atoms with E-state index in [2.05, 4.69) is 24.8 Å². The number of primary amides is 1. The van der Waals surface area contributed by atoms with E-state index in [4.69, 9.17) is 5.73 Å². The normalized spacial score (nSPS) is 19.1. The van der Waals surface area contributed by atoms with Crippen molar-refractivity contribution in [2.75, 3.05) is 13.1 Å². The topological polar surface area (TPSA) is 94.9 Å². The number of aryl methyl sites for hydroxylation is 1. The Morgan fingerprint density at radius 2 is 2.13 bits per heavy atom. The Morgan fingerprint density at radius 3 is 2.91 bits per heavy atom. The molecule has 122 valence electrons. The van der Waals surface area contributed by atoms with Crippen LogP contribution in [-0.2, 0) is 19.5 Å². The summed E-state index contributed by atoms with van der Waals surface area (Å²) in [7, 11) is 0. The molecule has 0 atom stereocenters. The van der Waals surface area contributed by atoms with Gasteiger partial charge in [-0.15, -0.1) is 10.2 Å². The number of amides is 1. The zero-order valence-corrected chi connectivity index (χ0v) is 13.1. The molecule has 0 aromatic carbocycles. The third-order valence-corrected chi connectivity index (χ3v) is 4.75. The van der Waals surface area contributed by atoms with Gasteiger partial charge in [-0.1, -0.05) is 6.42 Å². The maximum absolute atomic E-state index is 11.1. The molecule has 1 fully saturated rings. The molecule has 2 N–H and O–H groups in total. The Kier molecular flexibility index (Phi) is 3.60. The molecule has 0 spiro atoms. The SMILES string of the molecule is NC(=O)c1cnn(C2CN(Cc3nnc4n3CCCCC4)C2)c1. The van der Waals surface area contributed by atoms with Crippen molar-refractivity contribution >= 4 is 5.91 Å². The first-order valence-corrected chi connectivity index (χ1v) is 8.18. The van der Waals surface area contributed by atoms with Gasteiger partial charge in [0.1, 0.15) is 11.6 Å². The van der Waals surface area contributed by atoms with Crippen LogP contribution in [0.15, 0.2) is 12.4 Å². The summed E-state index contributed by atoms with van der Waals surface area (Å²) in [5.41, 5.74) is 5.73. The summed E-state index contributed by atoms with van der Waals surface area (Å²) in [5, 5.41) is 12.9. The molecule has 0 radical (unpaired) electrons. The molecular formula is C15H21N7O. The highest BCUT2D eigenvalue weighted by molar-refractivity contribution is 5.92. The van der Waals surface area contributed by atoms with E-state index in [1.807, 2.05) is 4.68 Å². The number of rotatable bonds is 4. The van der Waals surface area contributed by atoms with Gasteiger partial charge in [-0.2, -0.15) is 5.10 Å². The number of carbonyl (C=O) groups excluding carboxylic acids is 1. The monoisotopic (exact) mass is 315 g/mol. The Balaban J connectivity index is 1.37. The summed E-state index contributed by atoms with van der Waals surface area (Å²) in [6.07, 6.45) is 8.00. The number of hydrogen-bond acceptors (Lipinski definition) is 5. The molecule has 4 heterocycles. The molecule has 2 aromatic rings. The molecule has 0 unspecified atom stereocenters. The van der Waals surface area contributed by atoms with Crippen molar-refractivity contribution in [3.05, 3.63) is 29.6 Å². The summed E-state index contributed by atoms with van der Waals surface area (Å²) >= 11 is 0. The molecule has 2 aliphatic rings. The van der Waals surface area contributed by atoms with Crippen molar-refractivity contribution in [2.24, 2.45) is 5.73 Å². The van der Waals surface area contributed by atoms with Crippen LogP contribution < -0.4 is 5.73 Å². The van der Waals surface area contributed by atoms with E-state index >= 15 is 0 Å². The molecule has 2 aromatic heterocycles. The van der Waals surface area contributed by atoms with Crippen LogP contribution in [0.2, 0.25) is 0 Å². The quantitative estimate of drug-likeness (QED) is 0.879. The average Bonchev–Trinajstić information content (AvgIpc) is 3.04. The summed E-state index contributed by atoms with van der Waals surface area (Å²) in [6.45, 7) is 3.67. The molecule has 1 saturated heterocycles. The van der Waals surface area contributed by atoms with Gasteiger partial charge in [0, 0.05) is 32.3 Å². The van der Waals surface area contributed by atoms with Crippen LogP contribution in [-0.4, -0.2) is 48.4 Å². The van der Waals surface area contributed by atoms with Crippen LogP contribution in [0, 0.1) is 0 Å². The van der Waals surface area contributed by atoms with Crippen molar-refractivity contribution < 1.29 is 4.79 Å². The first-order valence-electron chi connectivity index (χ1n) is 8.18. The summed E-state index contributed by atoms with van der Waals surface area (Å²) in [5.74, 6) is 1.77. The maximum atomic E-state index is 11.1. The Hall–Kier alpha value is -2.22. The maximum Gasteiger partial charge on any atom is 0.251 e. The van der Waals surface area contributed by atoms with Gasteiger partial charge in [-0.25, -0.2) is 0 Å². The number of hydrogen-bond donors (Lipinski definition) is 1. The number of carbonyl (C=O) groups is 1. The molecule has 0 aliphatic carbocycles. The summed E-state index contributed by atoms with van der Waals surface area (Å²) in [4.78, 5) is 13.5. The fraction of sp³-hybridized carbons (Fsp3) is 0.600. The third-order valence-electron chi connectivity index (χ3n) is 4.75. The number of nitrogens with zero attached hydrogens (tertiary/aromatic N) is 6. The highest BCUT2D eigenvalue weighted by Crippen LogP contribution is 2.23. The van der Waals surface area contributed by atoms with E-state index in [0.29, 0.717) is 11.6 Å². The first kappa shape index (κ1) is 14.4. The predicted molar refractivity (Wildman–Crippen MR) is 82.6 cm³/mol. The van der Waals surface area contributed by atoms with Gasteiger partial charge in [-0.05, 0) is 12.8 Å². The third kappa shape index (κ3) is 2.74. The number of fused-ring (bicyclic) bond motifs is 1. The van der Waals surface area contributed by atoms with E-state index in [0.717, 1.165) is 44.2 Å². The molecule has 1 amide bonds. The lowest BCUT2D eigenvalue weighted by atomic mass is 10.1. The van der Waals surface area contributed by atoms with E-state index in [1.165, 1.54) is 25.5 Å². The Morgan fingerprint density at radius 1 is 1.26 bits per heavy atom. The number of nitrogens with two attached hydrogens (primary N) is 1.